The van der Waals surface area contributed by atoms with E-state index in [0.717, 1.165) is 60.5 Å². The molecular formula is C43H26N4S3. The van der Waals surface area contributed by atoms with Crippen LogP contribution in [0.15, 0.2) is 158 Å². The van der Waals surface area contributed by atoms with Crippen molar-refractivity contribution in [2.45, 2.75) is 0 Å². The van der Waals surface area contributed by atoms with E-state index in [2.05, 4.69) is 144 Å². The molecular weight excluding hydrogens is 669 g/mol. The first kappa shape index (κ1) is 29.2. The van der Waals surface area contributed by atoms with Crippen molar-refractivity contribution in [1.29, 1.82) is 0 Å². The van der Waals surface area contributed by atoms with Gasteiger partial charge < -0.3 is 4.90 Å². The maximum absolute atomic E-state index is 4.90. The highest BCUT2D eigenvalue weighted by atomic mass is 32.1. The Morgan fingerprint density at radius 1 is 0.400 bits per heavy atom. The van der Waals surface area contributed by atoms with E-state index in [4.69, 9.17) is 15.0 Å². The van der Waals surface area contributed by atoms with Gasteiger partial charge in [-0.25, -0.2) is 9.97 Å². The van der Waals surface area contributed by atoms with Gasteiger partial charge in [-0.05, 0) is 97.1 Å². The fourth-order valence-electron chi connectivity index (χ4n) is 6.60. The number of thiophene rings is 1. The first-order chi connectivity index (χ1) is 24.7. The average Bonchev–Trinajstić information content (AvgIpc) is 3.91. The largest absolute Gasteiger partial charge is 0.311 e. The van der Waals surface area contributed by atoms with E-state index in [1.807, 2.05) is 29.7 Å². The van der Waals surface area contributed by atoms with Gasteiger partial charge in [0.1, 0.15) is 10.0 Å². The summed E-state index contributed by atoms with van der Waals surface area (Å²) in [4.78, 5) is 17.0. The number of hydrogen-bond acceptors (Lipinski definition) is 7. The quantitative estimate of drug-likeness (QED) is 0.174. The summed E-state index contributed by atoms with van der Waals surface area (Å²) in [5.74, 6) is 0. The first-order valence-electron chi connectivity index (χ1n) is 16.3. The van der Waals surface area contributed by atoms with Crippen molar-refractivity contribution in [3.8, 4) is 32.4 Å². The molecule has 0 aliphatic rings. The molecule has 0 fully saturated rings. The summed E-state index contributed by atoms with van der Waals surface area (Å²) >= 11 is 5.27. The maximum atomic E-state index is 4.90. The average molecular weight is 695 g/mol. The summed E-state index contributed by atoms with van der Waals surface area (Å²) in [7, 11) is 0. The molecule has 0 saturated carbocycles. The minimum Gasteiger partial charge on any atom is -0.311 e. The highest BCUT2D eigenvalue weighted by Crippen LogP contribution is 2.42. The van der Waals surface area contributed by atoms with Gasteiger partial charge in [-0.3, -0.25) is 4.98 Å². The van der Waals surface area contributed by atoms with Gasteiger partial charge in [0.25, 0.3) is 0 Å². The molecule has 6 aromatic carbocycles. The van der Waals surface area contributed by atoms with Crippen molar-refractivity contribution in [3.05, 3.63) is 158 Å². The number of para-hydroxylation sites is 2. The second-order valence-corrected chi connectivity index (χ2v) is 15.2. The fourth-order valence-corrected chi connectivity index (χ4v) is 9.65. The van der Waals surface area contributed by atoms with Crippen LogP contribution in [0.3, 0.4) is 0 Å². The molecule has 4 aromatic heterocycles. The zero-order chi connectivity index (χ0) is 33.0. The molecule has 0 radical (unpaired) electrons. The van der Waals surface area contributed by atoms with Gasteiger partial charge in [0, 0.05) is 60.1 Å². The first-order valence-corrected chi connectivity index (χ1v) is 18.8. The minimum absolute atomic E-state index is 1.01. The normalized spacial score (nSPS) is 11.6. The second kappa shape index (κ2) is 12.0. The fraction of sp³-hybridized carbons (Fsp3) is 0. The molecule has 0 atom stereocenters. The van der Waals surface area contributed by atoms with Crippen LogP contribution in [-0.4, -0.2) is 15.0 Å². The number of nitrogens with zero attached hydrogens (tertiary/aromatic N) is 4. The number of rotatable bonds is 6. The molecule has 7 heteroatoms. The molecule has 4 heterocycles. The Hall–Kier alpha value is -5.73. The predicted octanol–water partition coefficient (Wildman–Crippen LogP) is 13.1. The number of benzene rings is 6. The molecule has 236 valence electrons. The van der Waals surface area contributed by atoms with Gasteiger partial charge >= 0.3 is 0 Å². The van der Waals surface area contributed by atoms with E-state index >= 15 is 0 Å². The molecule has 0 aliphatic carbocycles. The van der Waals surface area contributed by atoms with Gasteiger partial charge in [-0.15, -0.1) is 34.0 Å². The van der Waals surface area contributed by atoms with Crippen LogP contribution in [0.5, 0.6) is 0 Å². The van der Waals surface area contributed by atoms with Crippen LogP contribution in [0.2, 0.25) is 0 Å². The standard InChI is InChI=1S/C43H26N4S3/c1-4-10-36-33(7-1)40-39(48-36)25-26-44-41(40)27-13-19-30(20-14-27)47(31-21-15-28(16-22-31)42-45-34-8-2-5-11-37(34)49-42)32-23-17-29(18-24-32)43-46-35-9-3-6-12-38(35)50-43/h1-26H. The number of anilines is 3. The zero-order valence-electron chi connectivity index (χ0n) is 26.5. The molecule has 0 amide bonds. The Labute approximate surface area is 300 Å². The number of hydrogen-bond donors (Lipinski definition) is 0. The number of fused-ring (bicyclic) bond motifs is 5. The molecule has 50 heavy (non-hydrogen) atoms. The van der Waals surface area contributed by atoms with Crippen LogP contribution >= 0.6 is 34.0 Å². The van der Waals surface area contributed by atoms with Crippen molar-refractivity contribution in [1.82, 2.24) is 15.0 Å². The SMILES string of the molecule is c1ccc2sc(-c3ccc(N(c4ccc(-c5nc6ccccc6s5)cc4)c4ccc(-c5nccc6sc7ccccc7c56)cc4)cc3)nc2c1. The van der Waals surface area contributed by atoms with Gasteiger partial charge in [0.2, 0.25) is 0 Å². The van der Waals surface area contributed by atoms with Crippen molar-refractivity contribution in [2.24, 2.45) is 0 Å². The van der Waals surface area contributed by atoms with Crippen LogP contribution in [0, 0.1) is 0 Å². The minimum atomic E-state index is 1.01. The molecule has 0 bridgehead atoms. The third-order valence-electron chi connectivity index (χ3n) is 9.02. The van der Waals surface area contributed by atoms with Crippen LogP contribution in [0.4, 0.5) is 17.1 Å². The van der Waals surface area contributed by atoms with Crippen molar-refractivity contribution in [2.75, 3.05) is 4.90 Å². The lowest BCUT2D eigenvalue weighted by molar-refractivity contribution is 1.28. The maximum Gasteiger partial charge on any atom is 0.124 e. The topological polar surface area (TPSA) is 41.9 Å². The molecule has 4 nitrogen and oxygen atoms in total. The van der Waals surface area contributed by atoms with Crippen LogP contribution in [0.1, 0.15) is 0 Å². The molecule has 10 rings (SSSR count). The number of aromatic nitrogens is 3. The Morgan fingerprint density at radius 3 is 1.42 bits per heavy atom. The Kier molecular flexibility index (Phi) is 7.01. The van der Waals surface area contributed by atoms with E-state index in [1.54, 1.807) is 22.7 Å². The Morgan fingerprint density at radius 2 is 0.880 bits per heavy atom. The van der Waals surface area contributed by atoms with E-state index in [0.29, 0.717) is 0 Å². The van der Waals surface area contributed by atoms with Crippen molar-refractivity contribution in [3.63, 3.8) is 0 Å². The predicted molar refractivity (Wildman–Crippen MR) is 214 cm³/mol. The second-order valence-electron chi connectivity index (χ2n) is 12.1. The van der Waals surface area contributed by atoms with Crippen molar-refractivity contribution < 1.29 is 0 Å². The van der Waals surface area contributed by atoms with Crippen LogP contribution in [0.25, 0.3) is 73.0 Å². The Balaban J connectivity index is 1.05. The van der Waals surface area contributed by atoms with Gasteiger partial charge in [-0.1, -0.05) is 54.6 Å². The molecule has 0 N–H and O–H groups in total. The highest BCUT2D eigenvalue weighted by molar-refractivity contribution is 7.26. The van der Waals surface area contributed by atoms with E-state index < -0.39 is 0 Å². The molecule has 10 aromatic rings. The van der Waals surface area contributed by atoms with Gasteiger partial charge in [0.05, 0.1) is 26.1 Å². The third-order valence-corrected chi connectivity index (χ3v) is 12.3. The lowest BCUT2D eigenvalue weighted by Crippen LogP contribution is -2.09. The van der Waals surface area contributed by atoms with Gasteiger partial charge in [0.15, 0.2) is 0 Å². The molecule has 0 spiro atoms. The van der Waals surface area contributed by atoms with E-state index in [9.17, 15) is 0 Å². The lowest BCUT2D eigenvalue weighted by Gasteiger charge is -2.26. The summed E-state index contributed by atoms with van der Waals surface area (Å²) in [6.07, 6.45) is 1.92. The zero-order valence-corrected chi connectivity index (χ0v) is 29.0. The van der Waals surface area contributed by atoms with E-state index in [1.165, 1.54) is 29.6 Å². The highest BCUT2D eigenvalue weighted by Gasteiger charge is 2.17. The summed E-state index contributed by atoms with van der Waals surface area (Å²) in [5.41, 5.74) is 9.60. The Bertz CT molecular complexity index is 2630. The van der Waals surface area contributed by atoms with E-state index in [-0.39, 0.29) is 0 Å². The summed E-state index contributed by atoms with van der Waals surface area (Å²) in [5, 5.41) is 4.52. The lowest BCUT2D eigenvalue weighted by atomic mass is 10.0. The summed E-state index contributed by atoms with van der Waals surface area (Å²) in [6, 6.07) is 53.6. The summed E-state index contributed by atoms with van der Waals surface area (Å²) in [6.45, 7) is 0. The molecule has 0 aliphatic heterocycles. The number of thiazole rings is 2. The van der Waals surface area contributed by atoms with Crippen LogP contribution in [-0.2, 0) is 0 Å². The van der Waals surface area contributed by atoms with Gasteiger partial charge in [-0.2, -0.15) is 0 Å². The number of pyridine rings is 1. The third kappa shape index (κ3) is 5.06. The van der Waals surface area contributed by atoms with Crippen LogP contribution < -0.4 is 4.90 Å². The monoisotopic (exact) mass is 694 g/mol. The van der Waals surface area contributed by atoms with Crippen molar-refractivity contribution >= 4 is 91.7 Å². The smallest absolute Gasteiger partial charge is 0.124 e. The summed E-state index contributed by atoms with van der Waals surface area (Å²) < 4.78 is 4.93. The molecule has 0 unspecified atom stereocenters. The molecule has 0 saturated heterocycles.